The summed E-state index contributed by atoms with van der Waals surface area (Å²) < 4.78 is 28.5. The number of ether oxygens (including phenoxy) is 1. The number of rotatable bonds is 4. The highest BCUT2D eigenvalue weighted by Crippen LogP contribution is 2.63. The summed E-state index contributed by atoms with van der Waals surface area (Å²) in [6.07, 6.45) is 10.8. The Morgan fingerprint density at radius 1 is 1.14 bits per heavy atom. The van der Waals surface area contributed by atoms with Crippen LogP contribution in [0.25, 0.3) is 5.57 Å². The molecule has 1 unspecified atom stereocenters. The number of halogens is 1. The van der Waals surface area contributed by atoms with E-state index in [1.807, 2.05) is 26.0 Å². The van der Waals surface area contributed by atoms with Gasteiger partial charge >= 0.3 is 0 Å². The van der Waals surface area contributed by atoms with Crippen LogP contribution in [0.15, 0.2) is 57.7 Å². The van der Waals surface area contributed by atoms with Gasteiger partial charge in [0, 0.05) is 5.92 Å². The molecule has 4 nitrogen and oxygen atoms in total. The molecule has 1 saturated carbocycles. The van der Waals surface area contributed by atoms with E-state index < -0.39 is 10.0 Å². The third-order valence-corrected chi connectivity index (χ3v) is 7.29. The number of methoxy groups -OCH3 is 1. The SMILES string of the molecule is CC.COC1=CCCC(C2=C(c3ccc(S(N)(=O)=O)cc3)CC3(CC3)C2)C=C1Cl. The molecule has 0 aromatic heterocycles. The lowest BCUT2D eigenvalue weighted by Crippen LogP contribution is -2.11. The van der Waals surface area contributed by atoms with Crippen molar-refractivity contribution in [3.8, 4) is 0 Å². The minimum absolute atomic E-state index is 0.152. The van der Waals surface area contributed by atoms with Crippen molar-refractivity contribution >= 4 is 27.2 Å². The van der Waals surface area contributed by atoms with Gasteiger partial charge in [0.15, 0.2) is 0 Å². The van der Waals surface area contributed by atoms with Gasteiger partial charge in [-0.15, -0.1) is 0 Å². The van der Waals surface area contributed by atoms with Crippen molar-refractivity contribution < 1.29 is 13.2 Å². The van der Waals surface area contributed by atoms with Gasteiger partial charge in [-0.05, 0) is 73.3 Å². The summed E-state index contributed by atoms with van der Waals surface area (Å²) in [7, 11) is -2.02. The molecule has 4 rings (SSSR count). The van der Waals surface area contributed by atoms with Crippen LogP contribution >= 0.6 is 11.6 Å². The molecule has 0 heterocycles. The van der Waals surface area contributed by atoms with Crippen LogP contribution in [0.3, 0.4) is 0 Å². The van der Waals surface area contributed by atoms with E-state index in [4.69, 9.17) is 21.5 Å². The van der Waals surface area contributed by atoms with Crippen LogP contribution in [-0.4, -0.2) is 15.5 Å². The Morgan fingerprint density at radius 3 is 2.34 bits per heavy atom. The third-order valence-electron chi connectivity index (χ3n) is 6.05. The van der Waals surface area contributed by atoms with E-state index in [-0.39, 0.29) is 10.8 Å². The second-order valence-electron chi connectivity index (χ2n) is 7.90. The summed E-state index contributed by atoms with van der Waals surface area (Å²) in [6, 6.07) is 6.98. The largest absolute Gasteiger partial charge is 0.496 e. The number of primary sulfonamides is 1. The number of nitrogens with two attached hydrogens (primary N) is 1. The number of hydrogen-bond acceptors (Lipinski definition) is 3. The van der Waals surface area contributed by atoms with Crippen LogP contribution in [0.2, 0.25) is 0 Å². The van der Waals surface area contributed by atoms with E-state index in [1.54, 1.807) is 19.2 Å². The first-order chi connectivity index (χ1) is 13.8. The van der Waals surface area contributed by atoms with Crippen LogP contribution in [0.4, 0.5) is 0 Å². The molecule has 3 aliphatic rings. The molecule has 1 fully saturated rings. The Labute approximate surface area is 179 Å². The second-order valence-corrected chi connectivity index (χ2v) is 9.87. The number of hydrogen-bond donors (Lipinski definition) is 1. The predicted molar refractivity (Wildman–Crippen MR) is 119 cm³/mol. The summed E-state index contributed by atoms with van der Waals surface area (Å²) in [5.74, 6) is 1.03. The molecule has 3 aliphatic carbocycles. The lowest BCUT2D eigenvalue weighted by atomic mass is 9.89. The predicted octanol–water partition coefficient (Wildman–Crippen LogP) is 5.75. The van der Waals surface area contributed by atoms with Gasteiger partial charge in [0.2, 0.25) is 10.0 Å². The van der Waals surface area contributed by atoms with Gasteiger partial charge < -0.3 is 4.74 Å². The molecule has 6 heteroatoms. The standard InChI is InChI=1S/C21H24ClNO3S.C2H6/c1-26-20-4-2-3-15(11-19(20)22)18-13-21(9-10-21)12-17(18)14-5-7-16(8-6-14)27(23,24)25;1-2/h4-8,11,15H,2-3,9-10,12-13H2,1H3,(H2,23,24,25);1-2H3. The van der Waals surface area contributed by atoms with Gasteiger partial charge in [-0.2, -0.15) is 0 Å². The summed E-state index contributed by atoms with van der Waals surface area (Å²) in [5.41, 5.74) is 4.29. The fourth-order valence-electron chi connectivity index (χ4n) is 4.37. The zero-order valence-corrected chi connectivity index (χ0v) is 18.9. The highest BCUT2D eigenvalue weighted by molar-refractivity contribution is 7.89. The molecule has 0 saturated heterocycles. The van der Waals surface area contributed by atoms with E-state index in [2.05, 4.69) is 12.2 Å². The molecule has 158 valence electrons. The minimum atomic E-state index is -3.67. The van der Waals surface area contributed by atoms with Gasteiger partial charge in [0.05, 0.1) is 17.0 Å². The van der Waals surface area contributed by atoms with Gasteiger partial charge in [0.25, 0.3) is 0 Å². The van der Waals surface area contributed by atoms with Gasteiger partial charge in [-0.3, -0.25) is 0 Å². The van der Waals surface area contributed by atoms with Crippen LogP contribution in [0.1, 0.15) is 57.9 Å². The fraction of sp³-hybridized carbons (Fsp3) is 0.478. The first kappa shape index (κ1) is 22.1. The molecular formula is C23H30ClNO3S. The average Bonchev–Trinajstić information content (AvgIpc) is 3.39. The molecular weight excluding hydrogens is 406 g/mol. The summed E-state index contributed by atoms with van der Waals surface area (Å²) >= 11 is 6.48. The van der Waals surface area contributed by atoms with Crippen molar-refractivity contribution in [1.29, 1.82) is 0 Å². The van der Waals surface area contributed by atoms with Crippen LogP contribution in [-0.2, 0) is 14.8 Å². The summed E-state index contributed by atoms with van der Waals surface area (Å²) in [5, 5.41) is 5.91. The van der Waals surface area contributed by atoms with Crippen molar-refractivity contribution in [1.82, 2.24) is 0 Å². The Bertz CT molecular complexity index is 954. The normalized spacial score (nSPS) is 23.0. The lowest BCUT2D eigenvalue weighted by molar-refractivity contribution is 0.303. The van der Waals surface area contributed by atoms with Crippen molar-refractivity contribution in [3.63, 3.8) is 0 Å². The molecule has 0 aliphatic heterocycles. The van der Waals surface area contributed by atoms with Gasteiger partial charge in [-0.1, -0.05) is 49.2 Å². The molecule has 1 atom stereocenters. The summed E-state index contributed by atoms with van der Waals surface area (Å²) in [6.45, 7) is 4.00. The fourth-order valence-corrected chi connectivity index (χ4v) is 5.19. The maximum absolute atomic E-state index is 11.5. The molecule has 1 aromatic carbocycles. The molecule has 29 heavy (non-hydrogen) atoms. The zero-order chi connectivity index (χ0) is 21.2. The van der Waals surface area contributed by atoms with Gasteiger partial charge in [-0.25, -0.2) is 13.6 Å². The van der Waals surface area contributed by atoms with Gasteiger partial charge in [0.1, 0.15) is 5.76 Å². The van der Waals surface area contributed by atoms with Crippen molar-refractivity contribution in [2.75, 3.05) is 7.11 Å². The highest BCUT2D eigenvalue weighted by atomic mass is 35.5. The Hall–Kier alpha value is -1.56. The van der Waals surface area contributed by atoms with E-state index in [0.29, 0.717) is 10.4 Å². The van der Waals surface area contributed by atoms with E-state index >= 15 is 0 Å². The Kier molecular flexibility index (Phi) is 6.61. The Balaban J connectivity index is 0.00000117. The third kappa shape index (κ3) is 4.79. The summed E-state index contributed by atoms with van der Waals surface area (Å²) in [4.78, 5) is 0.152. The maximum Gasteiger partial charge on any atom is 0.238 e. The molecule has 1 aromatic rings. The van der Waals surface area contributed by atoms with Crippen LogP contribution in [0.5, 0.6) is 0 Å². The van der Waals surface area contributed by atoms with Crippen molar-refractivity contribution in [3.05, 3.63) is 58.3 Å². The molecule has 1 spiro atoms. The number of allylic oxidation sites excluding steroid dienone is 5. The highest BCUT2D eigenvalue weighted by Gasteiger charge is 2.49. The monoisotopic (exact) mass is 435 g/mol. The first-order valence-corrected chi connectivity index (χ1v) is 12.2. The maximum atomic E-state index is 11.5. The first-order valence-electron chi connectivity index (χ1n) is 10.3. The van der Waals surface area contributed by atoms with E-state index in [9.17, 15) is 8.42 Å². The van der Waals surface area contributed by atoms with Crippen LogP contribution in [0, 0.1) is 11.3 Å². The molecule has 0 radical (unpaired) electrons. The number of benzene rings is 1. The quantitative estimate of drug-likeness (QED) is 0.654. The minimum Gasteiger partial charge on any atom is -0.496 e. The smallest absolute Gasteiger partial charge is 0.238 e. The van der Waals surface area contributed by atoms with Crippen molar-refractivity contribution in [2.45, 2.75) is 57.3 Å². The lowest BCUT2D eigenvalue weighted by Gasteiger charge is -2.17. The van der Waals surface area contributed by atoms with E-state index in [1.165, 1.54) is 24.0 Å². The molecule has 0 amide bonds. The topological polar surface area (TPSA) is 69.4 Å². The molecule has 0 bridgehead atoms. The average molecular weight is 436 g/mol. The van der Waals surface area contributed by atoms with Crippen molar-refractivity contribution in [2.24, 2.45) is 16.5 Å². The number of sulfonamides is 1. The Morgan fingerprint density at radius 2 is 1.79 bits per heavy atom. The zero-order valence-electron chi connectivity index (χ0n) is 17.4. The molecule has 2 N–H and O–H groups in total. The second kappa shape index (κ2) is 8.66. The van der Waals surface area contributed by atoms with E-state index in [0.717, 1.165) is 37.0 Å². The van der Waals surface area contributed by atoms with Crippen LogP contribution < -0.4 is 5.14 Å².